The standard InChI is InChI=1S/C13H20N2O/c1-13(2)5-7-15(8-6-13)10-11-3-4-12(16)9-14-11/h3-4,9,16H,5-8,10H2,1-2H3. The van der Waals surface area contributed by atoms with E-state index in [1.54, 1.807) is 6.07 Å². The molecule has 0 spiro atoms. The zero-order valence-electron chi connectivity index (χ0n) is 10.1. The van der Waals surface area contributed by atoms with Crippen LogP contribution in [0.4, 0.5) is 0 Å². The SMILES string of the molecule is CC1(C)CCN(Cc2ccc(O)cn2)CC1. The Morgan fingerprint density at radius 2 is 2.00 bits per heavy atom. The quantitative estimate of drug-likeness (QED) is 0.831. The lowest BCUT2D eigenvalue weighted by Crippen LogP contribution is -2.36. The maximum absolute atomic E-state index is 9.16. The highest BCUT2D eigenvalue weighted by atomic mass is 16.3. The lowest BCUT2D eigenvalue weighted by molar-refractivity contribution is 0.126. The average molecular weight is 220 g/mol. The molecule has 3 heteroatoms. The average Bonchev–Trinajstić information content (AvgIpc) is 2.24. The van der Waals surface area contributed by atoms with E-state index in [0.29, 0.717) is 5.41 Å². The Morgan fingerprint density at radius 1 is 1.31 bits per heavy atom. The number of rotatable bonds is 2. The smallest absolute Gasteiger partial charge is 0.133 e. The van der Waals surface area contributed by atoms with Gasteiger partial charge in [0.15, 0.2) is 0 Å². The van der Waals surface area contributed by atoms with E-state index in [2.05, 4.69) is 23.7 Å². The molecule has 1 aliphatic heterocycles. The second-order valence-corrected chi connectivity index (χ2v) is 5.45. The van der Waals surface area contributed by atoms with Gasteiger partial charge in [0.25, 0.3) is 0 Å². The fraction of sp³-hybridized carbons (Fsp3) is 0.615. The lowest BCUT2D eigenvalue weighted by atomic mass is 9.83. The minimum absolute atomic E-state index is 0.239. The second-order valence-electron chi connectivity index (χ2n) is 5.45. The molecule has 0 unspecified atom stereocenters. The predicted octanol–water partition coefficient (Wildman–Crippen LogP) is 2.41. The Hall–Kier alpha value is -1.09. The molecule has 0 bridgehead atoms. The van der Waals surface area contributed by atoms with Crippen LogP contribution in [-0.2, 0) is 6.54 Å². The van der Waals surface area contributed by atoms with Crippen LogP contribution in [0.15, 0.2) is 18.3 Å². The summed E-state index contributed by atoms with van der Waals surface area (Å²) in [6.45, 7) is 7.87. The fourth-order valence-electron chi connectivity index (χ4n) is 2.06. The Balaban J connectivity index is 1.89. The third-order valence-corrected chi connectivity index (χ3v) is 3.40. The zero-order chi connectivity index (χ0) is 11.6. The minimum atomic E-state index is 0.239. The summed E-state index contributed by atoms with van der Waals surface area (Å²) in [6.07, 6.45) is 4.03. The van der Waals surface area contributed by atoms with Crippen molar-refractivity contribution in [3.05, 3.63) is 24.0 Å². The Bertz CT molecular complexity index is 335. The van der Waals surface area contributed by atoms with Crippen molar-refractivity contribution in [1.29, 1.82) is 0 Å². The molecular weight excluding hydrogens is 200 g/mol. The highest BCUT2D eigenvalue weighted by Crippen LogP contribution is 2.30. The first-order valence-electron chi connectivity index (χ1n) is 5.91. The molecule has 2 heterocycles. The monoisotopic (exact) mass is 220 g/mol. The Labute approximate surface area is 97.1 Å². The molecule has 1 N–H and O–H groups in total. The summed E-state index contributed by atoms with van der Waals surface area (Å²) in [5.74, 6) is 0.239. The maximum atomic E-state index is 9.16. The molecule has 16 heavy (non-hydrogen) atoms. The molecule has 0 aliphatic carbocycles. The number of hydrogen-bond acceptors (Lipinski definition) is 3. The minimum Gasteiger partial charge on any atom is -0.506 e. The molecule has 0 atom stereocenters. The van der Waals surface area contributed by atoms with Crippen LogP contribution < -0.4 is 0 Å². The highest BCUT2D eigenvalue weighted by molar-refractivity contribution is 5.17. The van der Waals surface area contributed by atoms with Crippen molar-refractivity contribution in [2.75, 3.05) is 13.1 Å². The molecule has 0 saturated carbocycles. The van der Waals surface area contributed by atoms with Gasteiger partial charge in [-0.25, -0.2) is 0 Å². The topological polar surface area (TPSA) is 36.4 Å². The van der Waals surface area contributed by atoms with E-state index in [1.807, 2.05) is 6.07 Å². The lowest BCUT2D eigenvalue weighted by Gasteiger charge is -2.36. The molecule has 88 valence electrons. The molecule has 2 rings (SSSR count). The Kier molecular flexibility index (Phi) is 3.15. The molecule has 3 nitrogen and oxygen atoms in total. The van der Waals surface area contributed by atoms with Gasteiger partial charge >= 0.3 is 0 Å². The van der Waals surface area contributed by atoms with Crippen molar-refractivity contribution in [3.63, 3.8) is 0 Å². The number of nitrogens with zero attached hydrogens (tertiary/aromatic N) is 2. The number of piperidine rings is 1. The van der Waals surface area contributed by atoms with Crippen LogP contribution in [0.25, 0.3) is 0 Å². The number of likely N-dealkylation sites (tertiary alicyclic amines) is 1. The van der Waals surface area contributed by atoms with Crippen LogP contribution >= 0.6 is 0 Å². The van der Waals surface area contributed by atoms with Crippen molar-refractivity contribution in [1.82, 2.24) is 9.88 Å². The summed E-state index contributed by atoms with van der Waals surface area (Å²) >= 11 is 0. The van der Waals surface area contributed by atoms with Crippen molar-refractivity contribution >= 4 is 0 Å². The van der Waals surface area contributed by atoms with E-state index in [-0.39, 0.29) is 5.75 Å². The molecule has 0 amide bonds. The largest absolute Gasteiger partial charge is 0.506 e. The number of hydrogen-bond donors (Lipinski definition) is 1. The molecule has 1 fully saturated rings. The number of pyridine rings is 1. The van der Waals surface area contributed by atoms with Crippen molar-refractivity contribution in [2.24, 2.45) is 5.41 Å². The van der Waals surface area contributed by atoms with E-state index in [1.165, 1.54) is 19.0 Å². The van der Waals surface area contributed by atoms with E-state index in [9.17, 15) is 0 Å². The van der Waals surface area contributed by atoms with Crippen molar-refractivity contribution in [3.8, 4) is 5.75 Å². The van der Waals surface area contributed by atoms with E-state index >= 15 is 0 Å². The normalized spacial score (nSPS) is 20.9. The summed E-state index contributed by atoms with van der Waals surface area (Å²) in [4.78, 5) is 6.65. The number of aromatic hydroxyl groups is 1. The first-order valence-corrected chi connectivity index (χ1v) is 5.91. The van der Waals surface area contributed by atoms with Crippen LogP contribution in [0.2, 0.25) is 0 Å². The molecule has 1 aromatic rings. The number of aromatic nitrogens is 1. The second kappa shape index (κ2) is 4.42. The predicted molar refractivity (Wildman–Crippen MR) is 64.2 cm³/mol. The molecule has 1 aromatic heterocycles. The van der Waals surface area contributed by atoms with Gasteiger partial charge in [0.2, 0.25) is 0 Å². The van der Waals surface area contributed by atoms with Gasteiger partial charge in [-0.15, -0.1) is 0 Å². The van der Waals surface area contributed by atoms with Gasteiger partial charge in [0.1, 0.15) is 5.75 Å². The fourth-order valence-corrected chi connectivity index (χ4v) is 2.06. The Morgan fingerprint density at radius 3 is 2.56 bits per heavy atom. The molecular formula is C13H20N2O. The van der Waals surface area contributed by atoms with Crippen molar-refractivity contribution in [2.45, 2.75) is 33.2 Å². The van der Waals surface area contributed by atoms with Crippen molar-refractivity contribution < 1.29 is 5.11 Å². The van der Waals surface area contributed by atoms with Crippen LogP contribution in [0.1, 0.15) is 32.4 Å². The van der Waals surface area contributed by atoms with Gasteiger partial charge in [-0.05, 0) is 43.5 Å². The van der Waals surface area contributed by atoms with Crippen LogP contribution in [0, 0.1) is 5.41 Å². The van der Waals surface area contributed by atoms with Crippen LogP contribution in [-0.4, -0.2) is 28.1 Å². The van der Waals surface area contributed by atoms with Gasteiger partial charge in [-0.3, -0.25) is 9.88 Å². The molecule has 1 saturated heterocycles. The van der Waals surface area contributed by atoms with E-state index in [0.717, 1.165) is 25.3 Å². The van der Waals surface area contributed by atoms with Gasteiger partial charge in [0.05, 0.1) is 11.9 Å². The highest BCUT2D eigenvalue weighted by Gasteiger charge is 2.25. The summed E-state index contributed by atoms with van der Waals surface area (Å²) in [5.41, 5.74) is 1.54. The van der Waals surface area contributed by atoms with Crippen LogP contribution in [0.3, 0.4) is 0 Å². The summed E-state index contributed by atoms with van der Waals surface area (Å²) < 4.78 is 0. The third-order valence-electron chi connectivity index (χ3n) is 3.40. The molecule has 0 aromatic carbocycles. The van der Waals surface area contributed by atoms with E-state index < -0.39 is 0 Å². The van der Waals surface area contributed by atoms with Gasteiger partial charge in [-0.1, -0.05) is 13.8 Å². The summed E-state index contributed by atoms with van der Waals surface area (Å²) in [7, 11) is 0. The zero-order valence-corrected chi connectivity index (χ0v) is 10.1. The molecule has 0 radical (unpaired) electrons. The first-order chi connectivity index (χ1) is 7.55. The van der Waals surface area contributed by atoms with E-state index in [4.69, 9.17) is 5.11 Å². The molecule has 1 aliphatic rings. The summed E-state index contributed by atoms with van der Waals surface area (Å²) in [6, 6.07) is 3.60. The first kappa shape index (κ1) is 11.4. The van der Waals surface area contributed by atoms with Gasteiger partial charge in [0, 0.05) is 6.54 Å². The van der Waals surface area contributed by atoms with Gasteiger partial charge < -0.3 is 5.11 Å². The third kappa shape index (κ3) is 2.95. The van der Waals surface area contributed by atoms with Gasteiger partial charge in [-0.2, -0.15) is 0 Å². The van der Waals surface area contributed by atoms with Crippen LogP contribution in [0.5, 0.6) is 5.75 Å². The summed E-state index contributed by atoms with van der Waals surface area (Å²) in [5, 5.41) is 9.16. The maximum Gasteiger partial charge on any atom is 0.133 e.